The van der Waals surface area contributed by atoms with Gasteiger partial charge in [0, 0.05) is 30.3 Å². The van der Waals surface area contributed by atoms with Gasteiger partial charge in [-0.05, 0) is 43.6 Å². The van der Waals surface area contributed by atoms with Crippen LogP contribution in [0.25, 0.3) is 5.95 Å². The number of rotatable bonds is 4. The van der Waals surface area contributed by atoms with Gasteiger partial charge in [0.15, 0.2) is 0 Å². The van der Waals surface area contributed by atoms with Crippen molar-refractivity contribution in [2.24, 2.45) is 17.8 Å². The molecule has 6 heteroatoms. The summed E-state index contributed by atoms with van der Waals surface area (Å²) in [7, 11) is 0. The predicted molar refractivity (Wildman–Crippen MR) is 88.6 cm³/mol. The van der Waals surface area contributed by atoms with Crippen molar-refractivity contribution in [2.75, 3.05) is 5.32 Å². The summed E-state index contributed by atoms with van der Waals surface area (Å²) in [4.78, 5) is 21.3. The van der Waals surface area contributed by atoms with Crippen LogP contribution in [-0.4, -0.2) is 25.7 Å². The number of carbonyl (C=O) groups is 1. The van der Waals surface area contributed by atoms with Crippen LogP contribution in [0.5, 0.6) is 0 Å². The minimum absolute atomic E-state index is 0.0735. The van der Waals surface area contributed by atoms with Crippen molar-refractivity contribution in [3.63, 3.8) is 0 Å². The first-order valence-corrected chi connectivity index (χ1v) is 8.64. The lowest BCUT2D eigenvalue weighted by Gasteiger charge is -2.17. The van der Waals surface area contributed by atoms with Crippen LogP contribution in [0.2, 0.25) is 0 Å². The van der Waals surface area contributed by atoms with E-state index in [4.69, 9.17) is 0 Å². The highest BCUT2D eigenvalue weighted by Crippen LogP contribution is 2.44. The molecule has 24 heavy (non-hydrogen) atoms. The van der Waals surface area contributed by atoms with E-state index in [0.29, 0.717) is 29.5 Å². The van der Waals surface area contributed by atoms with Crippen LogP contribution >= 0.6 is 0 Å². The first-order valence-electron chi connectivity index (χ1n) is 8.64. The molecule has 2 saturated carbocycles. The third-order valence-electron chi connectivity index (χ3n) is 5.33. The Kier molecular flexibility index (Phi) is 3.04. The second-order valence-corrected chi connectivity index (χ2v) is 7.07. The molecule has 2 heterocycles. The van der Waals surface area contributed by atoms with E-state index in [9.17, 15) is 4.79 Å². The van der Waals surface area contributed by atoms with E-state index in [1.54, 1.807) is 23.1 Å². The molecule has 0 aromatic carbocycles. The van der Waals surface area contributed by atoms with Crippen molar-refractivity contribution in [1.29, 1.82) is 0 Å². The molecule has 3 aliphatic carbocycles. The maximum Gasteiger partial charge on any atom is 0.252 e. The number of anilines is 1. The van der Waals surface area contributed by atoms with E-state index in [1.807, 2.05) is 6.07 Å². The van der Waals surface area contributed by atoms with E-state index < -0.39 is 0 Å². The van der Waals surface area contributed by atoms with E-state index in [0.717, 1.165) is 31.4 Å². The second-order valence-electron chi connectivity index (χ2n) is 7.07. The van der Waals surface area contributed by atoms with Crippen LogP contribution in [0, 0.1) is 17.8 Å². The number of hydrogen-bond acceptors (Lipinski definition) is 4. The van der Waals surface area contributed by atoms with Crippen molar-refractivity contribution < 1.29 is 4.79 Å². The highest BCUT2D eigenvalue weighted by molar-refractivity contribution is 5.92. The monoisotopic (exact) mass is 321 g/mol. The quantitative estimate of drug-likeness (QED) is 0.879. The minimum atomic E-state index is 0.0735. The van der Waals surface area contributed by atoms with E-state index >= 15 is 0 Å². The summed E-state index contributed by atoms with van der Waals surface area (Å²) < 4.78 is 1.66. The Hall–Kier alpha value is -2.50. The molecule has 3 atom stereocenters. The van der Waals surface area contributed by atoms with Crippen molar-refractivity contribution in [1.82, 2.24) is 19.7 Å². The first kappa shape index (κ1) is 13.9. The molecule has 2 bridgehead atoms. The Morgan fingerprint density at radius 3 is 2.67 bits per heavy atom. The molecule has 1 amide bonds. The fourth-order valence-corrected chi connectivity index (χ4v) is 3.92. The molecule has 3 aliphatic rings. The maximum atomic E-state index is 12.8. The Morgan fingerprint density at radius 1 is 1.17 bits per heavy atom. The average Bonchev–Trinajstić information content (AvgIpc) is 3.05. The molecular weight excluding hydrogens is 302 g/mol. The molecule has 0 spiro atoms. The molecule has 122 valence electrons. The van der Waals surface area contributed by atoms with Crippen molar-refractivity contribution in [2.45, 2.75) is 31.6 Å². The van der Waals surface area contributed by atoms with Gasteiger partial charge in [0.1, 0.15) is 5.82 Å². The molecule has 2 aromatic heterocycles. The largest absolute Gasteiger partial charge is 0.310 e. The van der Waals surface area contributed by atoms with Crippen LogP contribution in [0.4, 0.5) is 5.82 Å². The Balaban J connectivity index is 1.44. The van der Waals surface area contributed by atoms with Crippen LogP contribution in [0.1, 0.15) is 37.3 Å². The topological polar surface area (TPSA) is 72.7 Å². The van der Waals surface area contributed by atoms with E-state index in [-0.39, 0.29) is 11.8 Å². The molecule has 1 N–H and O–H groups in total. The summed E-state index contributed by atoms with van der Waals surface area (Å²) in [5, 5.41) is 7.72. The molecule has 5 rings (SSSR count). The van der Waals surface area contributed by atoms with E-state index in [2.05, 4.69) is 32.5 Å². The van der Waals surface area contributed by atoms with Gasteiger partial charge in [0.25, 0.3) is 5.95 Å². The normalized spacial score (nSPS) is 27.6. The lowest BCUT2D eigenvalue weighted by atomic mass is 9.93. The smallest absolute Gasteiger partial charge is 0.252 e. The molecule has 0 unspecified atom stereocenters. The van der Waals surface area contributed by atoms with Gasteiger partial charge in [-0.3, -0.25) is 4.79 Å². The van der Waals surface area contributed by atoms with Gasteiger partial charge < -0.3 is 5.32 Å². The van der Waals surface area contributed by atoms with Gasteiger partial charge in [-0.25, -0.2) is 9.97 Å². The summed E-state index contributed by atoms with van der Waals surface area (Å²) in [5.41, 5.74) is 1.02. The lowest BCUT2D eigenvalue weighted by molar-refractivity contribution is -0.120. The summed E-state index contributed by atoms with van der Waals surface area (Å²) in [6.07, 6.45) is 12.2. The van der Waals surface area contributed by atoms with Gasteiger partial charge in [-0.2, -0.15) is 9.78 Å². The van der Waals surface area contributed by atoms with Crippen molar-refractivity contribution in [3.8, 4) is 5.95 Å². The first-order chi connectivity index (χ1) is 11.8. The molecule has 2 aromatic rings. The van der Waals surface area contributed by atoms with Crippen LogP contribution < -0.4 is 5.32 Å². The zero-order chi connectivity index (χ0) is 16.1. The zero-order valence-electron chi connectivity index (χ0n) is 13.3. The number of aromatic nitrogens is 4. The van der Waals surface area contributed by atoms with E-state index in [1.165, 1.54) is 0 Å². The Bertz CT molecular complexity index is 808. The van der Waals surface area contributed by atoms with Gasteiger partial charge in [0.2, 0.25) is 5.91 Å². The molecular formula is C18H19N5O. The number of amides is 1. The molecule has 0 saturated heterocycles. The van der Waals surface area contributed by atoms with Crippen LogP contribution in [0.3, 0.4) is 0 Å². The number of hydrogen-bond donors (Lipinski definition) is 1. The van der Waals surface area contributed by atoms with Gasteiger partial charge in [0.05, 0.1) is 5.69 Å². The SMILES string of the molecule is O=C(Nc1cc(C2CC2)nn1-c1ncccn1)[C@@H]1C[C@@H]2C=C[C@@H]1C2. The summed E-state index contributed by atoms with van der Waals surface area (Å²) in [6.45, 7) is 0. The third kappa shape index (κ3) is 2.33. The second kappa shape index (κ2) is 5.26. The number of fused-ring (bicyclic) bond motifs is 2. The zero-order valence-corrected chi connectivity index (χ0v) is 13.3. The van der Waals surface area contributed by atoms with Gasteiger partial charge in [-0.15, -0.1) is 0 Å². The standard InChI is InChI=1S/C18H19N5O/c24-17(14-9-11-2-3-13(14)8-11)21-16-10-15(12-4-5-12)22-23(16)18-19-6-1-7-20-18/h1-3,6-7,10-14H,4-5,8-9H2,(H,21,24)/t11-,13-,14-/m1/s1. The van der Waals surface area contributed by atoms with Gasteiger partial charge in [-0.1, -0.05) is 12.2 Å². The predicted octanol–water partition coefficient (Wildman–Crippen LogP) is 2.69. The number of nitrogens with one attached hydrogen (secondary N) is 1. The maximum absolute atomic E-state index is 12.8. The number of allylic oxidation sites excluding steroid dienone is 2. The van der Waals surface area contributed by atoms with Crippen LogP contribution in [-0.2, 0) is 4.79 Å². The minimum Gasteiger partial charge on any atom is -0.310 e. The Morgan fingerprint density at radius 2 is 2.00 bits per heavy atom. The highest BCUT2D eigenvalue weighted by atomic mass is 16.2. The van der Waals surface area contributed by atoms with Crippen molar-refractivity contribution >= 4 is 11.7 Å². The lowest BCUT2D eigenvalue weighted by Crippen LogP contribution is -2.27. The van der Waals surface area contributed by atoms with Crippen LogP contribution in [0.15, 0.2) is 36.7 Å². The highest BCUT2D eigenvalue weighted by Gasteiger charge is 2.40. The molecule has 0 aliphatic heterocycles. The fourth-order valence-electron chi connectivity index (χ4n) is 3.92. The average molecular weight is 321 g/mol. The number of nitrogens with zero attached hydrogens (tertiary/aromatic N) is 4. The Labute approximate surface area is 140 Å². The fraction of sp³-hybridized carbons (Fsp3) is 0.444. The molecule has 6 nitrogen and oxygen atoms in total. The molecule has 2 fully saturated rings. The summed E-state index contributed by atoms with van der Waals surface area (Å²) in [6, 6.07) is 3.75. The molecule has 0 radical (unpaired) electrons. The summed E-state index contributed by atoms with van der Waals surface area (Å²) >= 11 is 0. The third-order valence-corrected chi connectivity index (χ3v) is 5.33. The summed E-state index contributed by atoms with van der Waals surface area (Å²) in [5.74, 6) is 2.82. The number of carbonyl (C=O) groups excluding carboxylic acids is 1. The van der Waals surface area contributed by atoms with Crippen molar-refractivity contribution in [3.05, 3.63) is 42.4 Å². The van der Waals surface area contributed by atoms with Gasteiger partial charge >= 0.3 is 0 Å².